The summed E-state index contributed by atoms with van der Waals surface area (Å²) in [5.74, 6) is 1.11. The molecule has 2 aromatic heterocycles. The van der Waals surface area contributed by atoms with E-state index in [2.05, 4.69) is 14.8 Å². The van der Waals surface area contributed by atoms with Gasteiger partial charge in [-0.25, -0.2) is 4.98 Å². The van der Waals surface area contributed by atoms with Gasteiger partial charge in [0.2, 0.25) is 0 Å². The number of methoxy groups -OCH3 is 1. The molecule has 0 bridgehead atoms. The van der Waals surface area contributed by atoms with Crippen LogP contribution < -0.4 is 4.72 Å². The molecule has 8 nitrogen and oxygen atoms in total. The van der Waals surface area contributed by atoms with Gasteiger partial charge >= 0.3 is 0 Å². The van der Waals surface area contributed by atoms with Gasteiger partial charge in [-0.2, -0.15) is 13.5 Å². The largest absolute Gasteiger partial charge is 0.382 e. The summed E-state index contributed by atoms with van der Waals surface area (Å²) >= 11 is 0. The quantitative estimate of drug-likeness (QED) is 0.859. The van der Waals surface area contributed by atoms with Gasteiger partial charge in [-0.15, -0.1) is 0 Å². The van der Waals surface area contributed by atoms with Crippen LogP contribution in [0.5, 0.6) is 0 Å². The molecule has 1 aliphatic heterocycles. The third kappa shape index (κ3) is 3.40. The predicted molar refractivity (Wildman–Crippen MR) is 84.8 cm³/mol. The predicted octanol–water partition coefficient (Wildman–Crippen LogP) is 1.42. The highest BCUT2D eigenvalue weighted by molar-refractivity contribution is 7.92. The minimum atomic E-state index is -3.72. The molecule has 126 valence electrons. The molecule has 23 heavy (non-hydrogen) atoms. The summed E-state index contributed by atoms with van der Waals surface area (Å²) in [6.07, 6.45) is 6.24. The third-order valence-electron chi connectivity index (χ3n) is 3.87. The van der Waals surface area contributed by atoms with Crippen LogP contribution in [-0.2, 0) is 27.7 Å². The van der Waals surface area contributed by atoms with Crippen LogP contribution in [0.4, 0.5) is 5.82 Å². The lowest BCUT2D eigenvalue weighted by Crippen LogP contribution is -2.15. The van der Waals surface area contributed by atoms with Crippen LogP contribution in [0.2, 0.25) is 0 Å². The Kier molecular flexibility index (Phi) is 4.40. The van der Waals surface area contributed by atoms with Gasteiger partial charge in [-0.05, 0) is 19.8 Å². The fourth-order valence-electron chi connectivity index (χ4n) is 2.66. The van der Waals surface area contributed by atoms with Gasteiger partial charge in [0.25, 0.3) is 10.0 Å². The Morgan fingerprint density at radius 1 is 1.43 bits per heavy atom. The summed E-state index contributed by atoms with van der Waals surface area (Å²) in [6, 6.07) is 1.65. The monoisotopic (exact) mass is 339 g/mol. The van der Waals surface area contributed by atoms with E-state index in [1.165, 1.54) is 0 Å². The summed E-state index contributed by atoms with van der Waals surface area (Å²) in [5.41, 5.74) is 0. The van der Waals surface area contributed by atoms with Crippen molar-refractivity contribution in [3.8, 4) is 0 Å². The van der Waals surface area contributed by atoms with E-state index in [0.29, 0.717) is 6.61 Å². The lowest BCUT2D eigenvalue weighted by Gasteiger charge is -2.11. The Bertz CT molecular complexity index is 757. The van der Waals surface area contributed by atoms with Crippen molar-refractivity contribution >= 4 is 15.8 Å². The molecule has 3 rings (SSSR count). The van der Waals surface area contributed by atoms with Crippen LogP contribution in [0, 0.1) is 0 Å². The smallest absolute Gasteiger partial charge is 0.282 e. The second-order valence-corrected chi connectivity index (χ2v) is 7.37. The first-order chi connectivity index (χ1) is 11.0. The van der Waals surface area contributed by atoms with E-state index < -0.39 is 10.0 Å². The summed E-state index contributed by atoms with van der Waals surface area (Å²) in [5, 5.41) is 4.28. The molecule has 1 aliphatic rings. The second-order valence-electron chi connectivity index (χ2n) is 5.74. The molecule has 1 unspecified atom stereocenters. The van der Waals surface area contributed by atoms with Crippen LogP contribution in [0.15, 0.2) is 23.5 Å². The van der Waals surface area contributed by atoms with E-state index in [1.807, 2.05) is 11.5 Å². The number of fused-ring (bicyclic) bond motifs is 1. The summed E-state index contributed by atoms with van der Waals surface area (Å²) in [6.45, 7) is 3.26. The van der Waals surface area contributed by atoms with Gasteiger partial charge in [-0.1, -0.05) is 0 Å². The highest BCUT2D eigenvalue weighted by atomic mass is 32.2. The van der Waals surface area contributed by atoms with Crippen molar-refractivity contribution in [3.05, 3.63) is 24.3 Å². The van der Waals surface area contributed by atoms with Gasteiger partial charge < -0.3 is 9.30 Å². The van der Waals surface area contributed by atoms with Gasteiger partial charge in [0, 0.05) is 38.5 Å². The number of nitrogens with one attached hydrogen (secondary N) is 1. The zero-order chi connectivity index (χ0) is 16.4. The molecule has 2 aromatic rings. The standard InChI is InChI=1S/C14H21N5O3S/c1-11(10-22-2)19-8-6-12(16-19)17-23(20,21)14-9-18-7-4-3-5-13(18)15-14/h6,8-9,11H,3-5,7,10H2,1-2H3,(H,16,17). The van der Waals surface area contributed by atoms with Crippen molar-refractivity contribution < 1.29 is 13.2 Å². The molecular weight excluding hydrogens is 318 g/mol. The molecule has 0 saturated heterocycles. The molecule has 0 aromatic carbocycles. The summed E-state index contributed by atoms with van der Waals surface area (Å²) in [4.78, 5) is 4.25. The molecule has 3 heterocycles. The molecule has 0 saturated carbocycles. The number of hydrogen-bond acceptors (Lipinski definition) is 5. The van der Waals surface area contributed by atoms with Crippen molar-refractivity contribution in [2.75, 3.05) is 18.4 Å². The molecule has 1 N–H and O–H groups in total. The Morgan fingerprint density at radius 2 is 2.26 bits per heavy atom. The molecule has 0 amide bonds. The SMILES string of the molecule is COCC(C)n1ccc(NS(=O)(=O)c2cn3c(n2)CCCC3)n1. The van der Waals surface area contributed by atoms with Crippen LogP contribution in [0.1, 0.15) is 31.6 Å². The number of nitrogens with zero attached hydrogens (tertiary/aromatic N) is 4. The minimum absolute atomic E-state index is 0.0261. The molecule has 0 aliphatic carbocycles. The highest BCUT2D eigenvalue weighted by Crippen LogP contribution is 2.19. The fourth-order valence-corrected chi connectivity index (χ4v) is 3.64. The van der Waals surface area contributed by atoms with Crippen molar-refractivity contribution in [2.45, 2.75) is 43.8 Å². The van der Waals surface area contributed by atoms with Gasteiger partial charge in [0.1, 0.15) is 5.82 Å². The molecule has 0 fully saturated rings. The second kappa shape index (κ2) is 6.32. The first-order valence-corrected chi connectivity index (χ1v) is 9.11. The maximum absolute atomic E-state index is 12.5. The Labute approximate surface area is 135 Å². The van der Waals surface area contributed by atoms with E-state index in [9.17, 15) is 8.42 Å². The fraction of sp³-hybridized carbons (Fsp3) is 0.571. The van der Waals surface area contributed by atoms with Gasteiger partial charge in [-0.3, -0.25) is 9.40 Å². The number of ether oxygens (including phenoxy) is 1. The van der Waals surface area contributed by atoms with Crippen LogP contribution >= 0.6 is 0 Å². The van der Waals surface area contributed by atoms with Crippen molar-refractivity contribution in [3.63, 3.8) is 0 Å². The van der Waals surface area contributed by atoms with E-state index in [-0.39, 0.29) is 16.9 Å². The molecular formula is C14H21N5O3S. The molecule has 0 spiro atoms. The number of rotatable bonds is 6. The maximum atomic E-state index is 12.5. The first-order valence-electron chi connectivity index (χ1n) is 7.62. The maximum Gasteiger partial charge on any atom is 0.282 e. The van der Waals surface area contributed by atoms with E-state index in [4.69, 9.17) is 4.74 Å². The number of imidazole rings is 1. The average Bonchev–Trinajstić information content (AvgIpc) is 3.13. The van der Waals surface area contributed by atoms with E-state index >= 15 is 0 Å². The number of sulfonamides is 1. The van der Waals surface area contributed by atoms with Gasteiger partial charge in [0.15, 0.2) is 10.8 Å². The lowest BCUT2D eigenvalue weighted by molar-refractivity contribution is 0.157. The van der Waals surface area contributed by atoms with Crippen LogP contribution in [0.25, 0.3) is 0 Å². The van der Waals surface area contributed by atoms with Crippen molar-refractivity contribution in [1.29, 1.82) is 0 Å². The topological polar surface area (TPSA) is 91.0 Å². The van der Waals surface area contributed by atoms with Crippen molar-refractivity contribution in [2.24, 2.45) is 0 Å². The average molecular weight is 339 g/mol. The lowest BCUT2D eigenvalue weighted by atomic mass is 10.2. The zero-order valence-electron chi connectivity index (χ0n) is 13.3. The molecule has 0 radical (unpaired) electrons. The number of hydrogen-bond donors (Lipinski definition) is 1. The number of anilines is 1. The van der Waals surface area contributed by atoms with Gasteiger partial charge in [0.05, 0.1) is 12.6 Å². The van der Waals surface area contributed by atoms with Crippen molar-refractivity contribution in [1.82, 2.24) is 19.3 Å². The molecule has 1 atom stereocenters. The summed E-state index contributed by atoms with van der Waals surface area (Å²) in [7, 11) is -2.11. The Morgan fingerprint density at radius 3 is 3.00 bits per heavy atom. The third-order valence-corrected chi connectivity index (χ3v) is 5.09. The summed E-state index contributed by atoms with van der Waals surface area (Å²) < 4.78 is 36.1. The van der Waals surface area contributed by atoms with Crippen LogP contribution in [0.3, 0.4) is 0 Å². The minimum Gasteiger partial charge on any atom is -0.382 e. The number of aromatic nitrogens is 4. The molecule has 9 heteroatoms. The zero-order valence-corrected chi connectivity index (χ0v) is 14.1. The normalized spacial score (nSPS) is 16.1. The Hall–Kier alpha value is -1.87. The van der Waals surface area contributed by atoms with E-state index in [0.717, 1.165) is 31.6 Å². The van der Waals surface area contributed by atoms with E-state index in [1.54, 1.807) is 30.3 Å². The number of aryl methyl sites for hydroxylation is 2. The first kappa shape index (κ1) is 16.0. The van der Waals surface area contributed by atoms with Crippen LogP contribution in [-0.4, -0.2) is 41.5 Å². The highest BCUT2D eigenvalue weighted by Gasteiger charge is 2.23. The Balaban J connectivity index is 1.77.